The predicted molar refractivity (Wildman–Crippen MR) is 105 cm³/mol. The summed E-state index contributed by atoms with van der Waals surface area (Å²) in [5.41, 5.74) is 1.77. The van der Waals surface area contributed by atoms with Crippen LogP contribution in [-0.4, -0.2) is 62.1 Å². The van der Waals surface area contributed by atoms with Crippen molar-refractivity contribution in [3.05, 3.63) is 60.2 Å². The number of rotatable bonds is 9. The number of carbonyl (C=O) groups excluding carboxylic acids is 1. The van der Waals surface area contributed by atoms with Crippen molar-refractivity contribution in [3.8, 4) is 11.4 Å². The summed E-state index contributed by atoms with van der Waals surface area (Å²) in [4.78, 5) is 14.5. The summed E-state index contributed by atoms with van der Waals surface area (Å²) in [7, 11) is 1.62. The smallest absolute Gasteiger partial charge is 0.233 e. The summed E-state index contributed by atoms with van der Waals surface area (Å²) in [6, 6.07) is 16.4. The van der Waals surface area contributed by atoms with Crippen LogP contribution in [0.2, 0.25) is 0 Å². The van der Waals surface area contributed by atoms with Gasteiger partial charge in [-0.05, 0) is 40.3 Å². The lowest BCUT2D eigenvalue weighted by atomic mass is 10.2. The Morgan fingerprint density at radius 1 is 1.18 bits per heavy atom. The van der Waals surface area contributed by atoms with Crippen molar-refractivity contribution in [2.75, 3.05) is 26.0 Å². The highest BCUT2D eigenvalue weighted by atomic mass is 32.2. The molecule has 1 heterocycles. The summed E-state index contributed by atoms with van der Waals surface area (Å²) >= 11 is 1.27. The Kier molecular flexibility index (Phi) is 6.99. The number of nitrogens with zero attached hydrogens (tertiary/aromatic N) is 5. The standard InChI is InChI=1S/C19H21N5O3S/c1-27-12-11-23(13-15-5-3-2-4-6-15)18(26)14-28-19-20-21-22-24(19)16-7-9-17(25)10-8-16/h2-10,25H,11-14H2,1H3. The quantitative estimate of drug-likeness (QED) is 0.551. The van der Waals surface area contributed by atoms with E-state index in [1.807, 2.05) is 30.3 Å². The second-order valence-electron chi connectivity index (χ2n) is 5.97. The van der Waals surface area contributed by atoms with Crippen molar-refractivity contribution in [2.45, 2.75) is 11.7 Å². The number of aromatic nitrogens is 4. The number of aromatic hydroxyl groups is 1. The topological polar surface area (TPSA) is 93.4 Å². The molecule has 0 spiro atoms. The SMILES string of the molecule is COCCN(Cc1ccccc1)C(=O)CSc1nnnn1-c1ccc(O)cc1. The molecule has 0 unspecified atom stereocenters. The second-order valence-corrected chi connectivity index (χ2v) is 6.91. The Balaban J connectivity index is 1.66. The van der Waals surface area contributed by atoms with Gasteiger partial charge >= 0.3 is 0 Å². The number of thioether (sulfide) groups is 1. The molecule has 0 fully saturated rings. The van der Waals surface area contributed by atoms with Gasteiger partial charge in [-0.3, -0.25) is 4.79 Å². The van der Waals surface area contributed by atoms with Gasteiger partial charge in [-0.2, -0.15) is 4.68 Å². The van der Waals surface area contributed by atoms with Gasteiger partial charge in [0.2, 0.25) is 11.1 Å². The number of hydrogen-bond acceptors (Lipinski definition) is 7. The molecule has 1 amide bonds. The maximum Gasteiger partial charge on any atom is 0.233 e. The molecule has 9 heteroatoms. The van der Waals surface area contributed by atoms with Crippen LogP contribution in [0.1, 0.15) is 5.56 Å². The van der Waals surface area contributed by atoms with Crippen LogP contribution >= 0.6 is 11.8 Å². The largest absolute Gasteiger partial charge is 0.508 e. The summed E-state index contributed by atoms with van der Waals surface area (Å²) < 4.78 is 6.68. The van der Waals surface area contributed by atoms with E-state index in [0.717, 1.165) is 5.56 Å². The average Bonchev–Trinajstić information content (AvgIpc) is 3.19. The molecular formula is C19H21N5O3S. The first-order chi connectivity index (χ1) is 13.7. The van der Waals surface area contributed by atoms with Crippen LogP contribution in [0, 0.1) is 0 Å². The van der Waals surface area contributed by atoms with E-state index in [4.69, 9.17) is 4.74 Å². The zero-order valence-electron chi connectivity index (χ0n) is 15.4. The highest BCUT2D eigenvalue weighted by Gasteiger charge is 2.17. The van der Waals surface area contributed by atoms with E-state index >= 15 is 0 Å². The summed E-state index contributed by atoms with van der Waals surface area (Å²) in [6.07, 6.45) is 0. The fourth-order valence-corrected chi connectivity index (χ4v) is 3.33. The van der Waals surface area contributed by atoms with Crippen molar-refractivity contribution in [3.63, 3.8) is 0 Å². The van der Waals surface area contributed by atoms with E-state index in [0.29, 0.717) is 30.5 Å². The Morgan fingerprint density at radius 2 is 1.93 bits per heavy atom. The van der Waals surface area contributed by atoms with Gasteiger partial charge in [0, 0.05) is 20.2 Å². The van der Waals surface area contributed by atoms with Crippen LogP contribution in [0.25, 0.3) is 5.69 Å². The van der Waals surface area contributed by atoms with Gasteiger partial charge in [-0.25, -0.2) is 0 Å². The summed E-state index contributed by atoms with van der Waals surface area (Å²) in [6.45, 7) is 1.49. The molecule has 0 radical (unpaired) electrons. The number of carbonyl (C=O) groups is 1. The van der Waals surface area contributed by atoms with Crippen molar-refractivity contribution >= 4 is 17.7 Å². The molecule has 3 aromatic rings. The fraction of sp³-hybridized carbons (Fsp3) is 0.263. The van der Waals surface area contributed by atoms with E-state index in [9.17, 15) is 9.90 Å². The second kappa shape index (κ2) is 9.86. The normalized spacial score (nSPS) is 10.8. The lowest BCUT2D eigenvalue weighted by Crippen LogP contribution is -2.34. The minimum Gasteiger partial charge on any atom is -0.508 e. The fourth-order valence-electron chi connectivity index (χ4n) is 2.54. The third-order valence-electron chi connectivity index (χ3n) is 3.99. The van der Waals surface area contributed by atoms with Crippen LogP contribution < -0.4 is 0 Å². The molecule has 0 aliphatic rings. The number of phenols is 1. The van der Waals surface area contributed by atoms with Crippen LogP contribution in [0.4, 0.5) is 0 Å². The Hall–Kier alpha value is -2.91. The highest BCUT2D eigenvalue weighted by Crippen LogP contribution is 2.20. The Bertz CT molecular complexity index is 886. The number of phenolic OH excluding ortho intramolecular Hbond substituents is 1. The van der Waals surface area contributed by atoms with Crippen molar-refractivity contribution in [1.29, 1.82) is 0 Å². The maximum atomic E-state index is 12.8. The molecule has 0 aliphatic carbocycles. The van der Waals surface area contributed by atoms with E-state index < -0.39 is 0 Å². The average molecular weight is 399 g/mol. The van der Waals surface area contributed by atoms with Gasteiger partial charge in [0.1, 0.15) is 5.75 Å². The molecule has 1 aromatic heterocycles. The third kappa shape index (κ3) is 5.30. The van der Waals surface area contributed by atoms with Crippen LogP contribution in [-0.2, 0) is 16.1 Å². The first-order valence-corrected chi connectivity index (χ1v) is 9.67. The number of hydrogen-bond donors (Lipinski definition) is 1. The lowest BCUT2D eigenvalue weighted by molar-refractivity contribution is -0.129. The number of methoxy groups -OCH3 is 1. The minimum absolute atomic E-state index is 0.0221. The molecule has 146 valence electrons. The molecule has 2 aromatic carbocycles. The van der Waals surface area contributed by atoms with Crippen molar-refractivity contribution in [1.82, 2.24) is 25.1 Å². The molecule has 3 rings (SSSR count). The molecule has 8 nitrogen and oxygen atoms in total. The maximum absolute atomic E-state index is 12.8. The van der Waals surface area contributed by atoms with Gasteiger partial charge in [0.25, 0.3) is 0 Å². The van der Waals surface area contributed by atoms with Gasteiger partial charge in [0.15, 0.2) is 0 Å². The van der Waals surface area contributed by atoms with Crippen LogP contribution in [0.3, 0.4) is 0 Å². The molecule has 1 N–H and O–H groups in total. The molecule has 0 bridgehead atoms. The zero-order chi connectivity index (χ0) is 19.8. The first-order valence-electron chi connectivity index (χ1n) is 8.68. The summed E-state index contributed by atoms with van der Waals surface area (Å²) in [5, 5.41) is 21.6. The van der Waals surface area contributed by atoms with E-state index in [-0.39, 0.29) is 17.4 Å². The first kappa shape index (κ1) is 19.8. The Labute approximate surface area is 167 Å². The van der Waals surface area contributed by atoms with Gasteiger partial charge < -0.3 is 14.7 Å². The van der Waals surface area contributed by atoms with Gasteiger partial charge in [0.05, 0.1) is 18.0 Å². The highest BCUT2D eigenvalue weighted by molar-refractivity contribution is 7.99. The van der Waals surface area contributed by atoms with Gasteiger partial charge in [-0.1, -0.05) is 42.1 Å². The number of benzene rings is 2. The Morgan fingerprint density at radius 3 is 2.64 bits per heavy atom. The van der Waals surface area contributed by atoms with Crippen molar-refractivity contribution in [2.24, 2.45) is 0 Å². The van der Waals surface area contributed by atoms with Gasteiger partial charge in [-0.15, -0.1) is 5.10 Å². The van der Waals surface area contributed by atoms with Crippen molar-refractivity contribution < 1.29 is 14.6 Å². The number of amides is 1. The van der Waals surface area contributed by atoms with E-state index in [2.05, 4.69) is 15.5 Å². The lowest BCUT2D eigenvalue weighted by Gasteiger charge is -2.22. The molecular weight excluding hydrogens is 378 g/mol. The molecule has 0 atom stereocenters. The molecule has 0 saturated carbocycles. The van der Waals surface area contributed by atoms with Crippen LogP contribution in [0.5, 0.6) is 5.75 Å². The van der Waals surface area contributed by atoms with E-state index in [1.165, 1.54) is 16.4 Å². The summed E-state index contributed by atoms with van der Waals surface area (Å²) in [5.74, 6) is 0.344. The van der Waals surface area contributed by atoms with Crippen LogP contribution in [0.15, 0.2) is 59.8 Å². The number of ether oxygens (including phenoxy) is 1. The third-order valence-corrected chi connectivity index (χ3v) is 4.90. The molecule has 0 saturated heterocycles. The molecule has 0 aliphatic heterocycles. The minimum atomic E-state index is -0.0221. The number of tetrazole rings is 1. The van der Waals surface area contributed by atoms with E-state index in [1.54, 1.807) is 36.3 Å². The molecule has 28 heavy (non-hydrogen) atoms. The predicted octanol–water partition coefficient (Wildman–Crippen LogP) is 2.14. The zero-order valence-corrected chi connectivity index (χ0v) is 16.2. The monoisotopic (exact) mass is 399 g/mol.